The number of halogens is 4. The van der Waals surface area contributed by atoms with Gasteiger partial charge in [-0.3, -0.25) is 4.79 Å². The quantitative estimate of drug-likeness (QED) is 0.418. The van der Waals surface area contributed by atoms with Crippen LogP contribution in [0, 0.1) is 12.7 Å². The Bertz CT molecular complexity index is 1210. The standard InChI is InChI=1S/C25H24F4N4O/c1-15-4-2-3-5-21(15)31-22-7-6-20(33-9-8-19(30)14-33)13-23(22)32-24(34)16-10-17(25(27,28)29)12-18(26)11-16/h2-7,10-13,19,31H,8-9,14,30H2,1H3,(H,32,34). The molecular formula is C25H24F4N4O. The molecule has 1 amide bonds. The molecule has 1 fully saturated rings. The molecule has 178 valence electrons. The molecule has 4 N–H and O–H groups in total. The third-order valence-electron chi connectivity index (χ3n) is 5.74. The average molecular weight is 472 g/mol. The highest BCUT2D eigenvalue weighted by atomic mass is 19.4. The van der Waals surface area contributed by atoms with Crippen molar-refractivity contribution in [2.75, 3.05) is 28.6 Å². The second-order valence-corrected chi connectivity index (χ2v) is 8.35. The lowest BCUT2D eigenvalue weighted by atomic mass is 10.1. The van der Waals surface area contributed by atoms with Crippen molar-refractivity contribution in [3.05, 3.63) is 83.2 Å². The minimum Gasteiger partial charge on any atom is -0.370 e. The van der Waals surface area contributed by atoms with Gasteiger partial charge in [-0.25, -0.2) is 4.39 Å². The number of nitrogens with one attached hydrogen (secondary N) is 2. The zero-order valence-electron chi connectivity index (χ0n) is 18.4. The van der Waals surface area contributed by atoms with E-state index in [2.05, 4.69) is 15.5 Å². The number of anilines is 4. The molecular weight excluding hydrogens is 448 g/mol. The highest BCUT2D eigenvalue weighted by Gasteiger charge is 2.32. The van der Waals surface area contributed by atoms with Gasteiger partial charge in [0.1, 0.15) is 5.82 Å². The molecule has 1 aliphatic rings. The molecule has 3 aromatic carbocycles. The number of para-hydroxylation sites is 1. The van der Waals surface area contributed by atoms with Gasteiger partial charge in [0.05, 0.1) is 16.9 Å². The van der Waals surface area contributed by atoms with E-state index in [1.165, 1.54) is 0 Å². The van der Waals surface area contributed by atoms with E-state index in [1.54, 1.807) is 12.1 Å². The van der Waals surface area contributed by atoms with E-state index in [-0.39, 0.29) is 6.04 Å². The maximum absolute atomic E-state index is 13.9. The number of rotatable bonds is 5. The number of hydrogen-bond donors (Lipinski definition) is 3. The Hall–Kier alpha value is -3.59. The lowest BCUT2D eigenvalue weighted by Crippen LogP contribution is -2.26. The van der Waals surface area contributed by atoms with Crippen LogP contribution in [0.5, 0.6) is 0 Å². The largest absolute Gasteiger partial charge is 0.416 e. The van der Waals surface area contributed by atoms with Crippen LogP contribution >= 0.6 is 0 Å². The summed E-state index contributed by atoms with van der Waals surface area (Å²) in [5.41, 5.74) is 7.84. The minimum absolute atomic E-state index is 0.0379. The first-order valence-electron chi connectivity index (χ1n) is 10.8. The van der Waals surface area contributed by atoms with E-state index in [0.717, 1.165) is 36.0 Å². The van der Waals surface area contributed by atoms with Crippen molar-refractivity contribution in [1.82, 2.24) is 0 Å². The Kier molecular flexibility index (Phi) is 6.47. The number of benzene rings is 3. The summed E-state index contributed by atoms with van der Waals surface area (Å²) in [6.07, 6.45) is -3.95. The van der Waals surface area contributed by atoms with Gasteiger partial charge < -0.3 is 21.3 Å². The molecule has 0 radical (unpaired) electrons. The zero-order valence-corrected chi connectivity index (χ0v) is 18.4. The normalized spacial score (nSPS) is 15.9. The molecule has 1 heterocycles. The molecule has 1 atom stereocenters. The topological polar surface area (TPSA) is 70.4 Å². The SMILES string of the molecule is Cc1ccccc1Nc1ccc(N2CCC(N)C2)cc1NC(=O)c1cc(F)cc(C(F)(F)F)c1. The van der Waals surface area contributed by atoms with Crippen LogP contribution in [0.4, 0.5) is 40.3 Å². The van der Waals surface area contributed by atoms with Gasteiger partial charge in [-0.05, 0) is 61.4 Å². The van der Waals surface area contributed by atoms with Gasteiger partial charge in [0.2, 0.25) is 0 Å². The van der Waals surface area contributed by atoms with E-state index in [1.807, 2.05) is 37.3 Å². The van der Waals surface area contributed by atoms with E-state index in [4.69, 9.17) is 5.73 Å². The number of hydrogen-bond acceptors (Lipinski definition) is 4. The average Bonchev–Trinajstić information content (AvgIpc) is 3.21. The molecule has 1 aliphatic heterocycles. The minimum atomic E-state index is -4.77. The first-order chi connectivity index (χ1) is 16.1. The number of nitrogens with two attached hydrogens (primary N) is 1. The molecule has 34 heavy (non-hydrogen) atoms. The highest BCUT2D eigenvalue weighted by Crippen LogP contribution is 2.34. The lowest BCUT2D eigenvalue weighted by Gasteiger charge is -2.22. The molecule has 1 unspecified atom stereocenters. The Labute approximate surface area is 194 Å². The van der Waals surface area contributed by atoms with Crippen molar-refractivity contribution in [3.63, 3.8) is 0 Å². The third kappa shape index (κ3) is 5.31. The second kappa shape index (κ2) is 9.34. The maximum atomic E-state index is 13.9. The molecule has 0 aromatic heterocycles. The number of carbonyl (C=O) groups is 1. The second-order valence-electron chi connectivity index (χ2n) is 8.35. The van der Waals surface area contributed by atoms with Gasteiger partial charge in [-0.1, -0.05) is 18.2 Å². The molecule has 0 spiro atoms. The van der Waals surface area contributed by atoms with Crippen molar-refractivity contribution in [2.45, 2.75) is 25.6 Å². The van der Waals surface area contributed by atoms with Crippen LogP contribution in [0.3, 0.4) is 0 Å². The lowest BCUT2D eigenvalue weighted by molar-refractivity contribution is -0.137. The summed E-state index contributed by atoms with van der Waals surface area (Å²) >= 11 is 0. The van der Waals surface area contributed by atoms with Crippen LogP contribution in [0.25, 0.3) is 0 Å². The highest BCUT2D eigenvalue weighted by molar-refractivity contribution is 6.06. The van der Waals surface area contributed by atoms with Gasteiger partial charge in [0.15, 0.2) is 0 Å². The van der Waals surface area contributed by atoms with Crippen LogP contribution in [-0.4, -0.2) is 25.0 Å². The summed E-state index contributed by atoms with van der Waals surface area (Å²) in [4.78, 5) is 15.0. The van der Waals surface area contributed by atoms with Crippen molar-refractivity contribution in [1.29, 1.82) is 0 Å². The predicted molar refractivity (Wildman–Crippen MR) is 125 cm³/mol. The van der Waals surface area contributed by atoms with E-state index in [0.29, 0.717) is 30.1 Å². The van der Waals surface area contributed by atoms with Crippen LogP contribution < -0.4 is 21.3 Å². The molecule has 4 rings (SSSR count). The molecule has 9 heteroatoms. The Morgan fingerprint density at radius 3 is 2.47 bits per heavy atom. The van der Waals surface area contributed by atoms with Crippen molar-refractivity contribution in [3.8, 4) is 0 Å². The maximum Gasteiger partial charge on any atom is 0.416 e. The molecule has 3 aromatic rings. The Morgan fingerprint density at radius 2 is 1.79 bits per heavy atom. The smallest absolute Gasteiger partial charge is 0.370 e. The fourth-order valence-corrected chi connectivity index (χ4v) is 3.90. The van der Waals surface area contributed by atoms with E-state index >= 15 is 0 Å². The number of aryl methyl sites for hydroxylation is 1. The summed E-state index contributed by atoms with van der Waals surface area (Å²) in [5, 5.41) is 5.91. The summed E-state index contributed by atoms with van der Waals surface area (Å²) < 4.78 is 53.2. The summed E-state index contributed by atoms with van der Waals surface area (Å²) in [6.45, 7) is 3.32. The van der Waals surface area contributed by atoms with Crippen LogP contribution in [0.1, 0.15) is 27.9 Å². The van der Waals surface area contributed by atoms with Crippen molar-refractivity contribution in [2.24, 2.45) is 5.73 Å². The summed E-state index contributed by atoms with van der Waals surface area (Å²) in [7, 11) is 0. The Balaban J connectivity index is 1.68. The molecule has 5 nitrogen and oxygen atoms in total. The summed E-state index contributed by atoms with van der Waals surface area (Å²) in [6, 6.07) is 14.8. The van der Waals surface area contributed by atoms with Crippen LogP contribution in [0.15, 0.2) is 60.7 Å². The fraction of sp³-hybridized carbons (Fsp3) is 0.240. The first-order valence-corrected chi connectivity index (χ1v) is 10.8. The molecule has 0 bridgehead atoms. The van der Waals surface area contributed by atoms with Gasteiger partial charge in [0, 0.05) is 36.1 Å². The third-order valence-corrected chi connectivity index (χ3v) is 5.74. The summed E-state index contributed by atoms with van der Waals surface area (Å²) in [5.74, 6) is -1.99. The Morgan fingerprint density at radius 1 is 1.03 bits per heavy atom. The van der Waals surface area contributed by atoms with Gasteiger partial charge in [-0.2, -0.15) is 13.2 Å². The molecule has 0 saturated carbocycles. The predicted octanol–water partition coefficient (Wildman–Crippen LogP) is 5.69. The van der Waals surface area contributed by atoms with Crippen LogP contribution in [0.2, 0.25) is 0 Å². The number of amides is 1. The molecule has 1 saturated heterocycles. The van der Waals surface area contributed by atoms with Gasteiger partial charge >= 0.3 is 6.18 Å². The van der Waals surface area contributed by atoms with Gasteiger partial charge in [-0.15, -0.1) is 0 Å². The number of carbonyl (C=O) groups excluding carboxylic acids is 1. The van der Waals surface area contributed by atoms with E-state index < -0.39 is 29.0 Å². The zero-order chi connectivity index (χ0) is 24.5. The monoisotopic (exact) mass is 472 g/mol. The number of alkyl halides is 3. The first kappa shape index (κ1) is 23.6. The van der Waals surface area contributed by atoms with Crippen molar-refractivity contribution >= 4 is 28.7 Å². The fourth-order valence-electron chi connectivity index (χ4n) is 3.90. The van der Waals surface area contributed by atoms with Crippen molar-refractivity contribution < 1.29 is 22.4 Å². The number of nitrogens with zero attached hydrogens (tertiary/aromatic N) is 1. The van der Waals surface area contributed by atoms with Crippen LogP contribution in [-0.2, 0) is 6.18 Å². The van der Waals surface area contributed by atoms with E-state index in [9.17, 15) is 22.4 Å². The molecule has 0 aliphatic carbocycles. The van der Waals surface area contributed by atoms with Gasteiger partial charge in [0.25, 0.3) is 5.91 Å².